The molecule has 0 saturated carbocycles. The Bertz CT molecular complexity index is 733. The Balaban J connectivity index is 1.54. The van der Waals surface area contributed by atoms with Crippen LogP contribution in [0.2, 0.25) is 0 Å². The standard InChI is InChI=1S/C13H9BrN2O5S/c14-10-4-15-13(22-10)16-11(17)5-19-12(18)7-1-2-8-9(3-7)21-6-20-8/h1-4H,5-6H2,(H,15,16,17). The molecule has 0 saturated heterocycles. The van der Waals surface area contributed by atoms with Gasteiger partial charge >= 0.3 is 5.97 Å². The predicted octanol–water partition coefficient (Wildman–Crippen LogP) is 2.43. The van der Waals surface area contributed by atoms with Crippen molar-refractivity contribution in [1.29, 1.82) is 0 Å². The molecule has 1 N–H and O–H groups in total. The molecule has 1 aliphatic rings. The van der Waals surface area contributed by atoms with E-state index in [0.29, 0.717) is 16.6 Å². The van der Waals surface area contributed by atoms with Crippen LogP contribution < -0.4 is 14.8 Å². The fraction of sp³-hybridized carbons (Fsp3) is 0.154. The summed E-state index contributed by atoms with van der Waals surface area (Å²) in [5, 5.41) is 2.95. The van der Waals surface area contributed by atoms with E-state index >= 15 is 0 Å². The van der Waals surface area contributed by atoms with Gasteiger partial charge in [0.05, 0.1) is 15.5 Å². The number of rotatable bonds is 4. The van der Waals surface area contributed by atoms with Crippen molar-refractivity contribution in [2.45, 2.75) is 0 Å². The smallest absolute Gasteiger partial charge is 0.338 e. The molecular weight excluding hydrogens is 376 g/mol. The molecular formula is C13H9BrN2O5S. The van der Waals surface area contributed by atoms with Gasteiger partial charge in [-0.1, -0.05) is 11.3 Å². The molecule has 7 nitrogen and oxygen atoms in total. The van der Waals surface area contributed by atoms with Crippen molar-refractivity contribution >= 4 is 44.3 Å². The number of anilines is 1. The summed E-state index contributed by atoms with van der Waals surface area (Å²) in [6.07, 6.45) is 1.57. The minimum Gasteiger partial charge on any atom is -0.454 e. The highest BCUT2D eigenvalue weighted by molar-refractivity contribution is 9.11. The first-order valence-electron chi connectivity index (χ1n) is 6.10. The zero-order valence-electron chi connectivity index (χ0n) is 11.0. The van der Waals surface area contributed by atoms with Crippen molar-refractivity contribution in [3.63, 3.8) is 0 Å². The summed E-state index contributed by atoms with van der Waals surface area (Å²) in [4.78, 5) is 27.5. The van der Waals surface area contributed by atoms with Crippen LogP contribution in [0.4, 0.5) is 5.13 Å². The number of hydrogen-bond donors (Lipinski definition) is 1. The number of fused-ring (bicyclic) bond motifs is 1. The zero-order chi connectivity index (χ0) is 15.5. The molecule has 0 unspecified atom stereocenters. The molecule has 0 spiro atoms. The average Bonchev–Trinajstić information content (AvgIpc) is 3.12. The summed E-state index contributed by atoms with van der Waals surface area (Å²) in [5.41, 5.74) is 0.286. The van der Waals surface area contributed by atoms with Crippen LogP contribution in [0.1, 0.15) is 10.4 Å². The lowest BCUT2D eigenvalue weighted by molar-refractivity contribution is -0.119. The number of nitrogens with zero attached hydrogens (tertiary/aromatic N) is 1. The lowest BCUT2D eigenvalue weighted by Gasteiger charge is -2.05. The molecule has 2 aromatic rings. The summed E-state index contributed by atoms with van der Waals surface area (Å²) < 4.78 is 16.1. The Morgan fingerprint density at radius 3 is 2.95 bits per heavy atom. The fourth-order valence-electron chi connectivity index (χ4n) is 1.71. The highest BCUT2D eigenvalue weighted by Gasteiger charge is 2.17. The largest absolute Gasteiger partial charge is 0.454 e. The highest BCUT2D eigenvalue weighted by Crippen LogP contribution is 2.32. The molecule has 0 radical (unpaired) electrons. The third kappa shape index (κ3) is 3.37. The zero-order valence-corrected chi connectivity index (χ0v) is 13.4. The first kappa shape index (κ1) is 14.8. The Morgan fingerprint density at radius 1 is 1.36 bits per heavy atom. The third-order valence-corrected chi connectivity index (χ3v) is 4.06. The van der Waals surface area contributed by atoms with Gasteiger partial charge in [0.2, 0.25) is 6.79 Å². The van der Waals surface area contributed by atoms with E-state index in [0.717, 1.165) is 3.79 Å². The predicted molar refractivity (Wildman–Crippen MR) is 81.3 cm³/mol. The van der Waals surface area contributed by atoms with E-state index < -0.39 is 18.5 Å². The van der Waals surface area contributed by atoms with Gasteiger partial charge in [0, 0.05) is 0 Å². The van der Waals surface area contributed by atoms with E-state index in [1.54, 1.807) is 18.3 Å². The van der Waals surface area contributed by atoms with Crippen LogP contribution in [0.5, 0.6) is 11.5 Å². The van der Waals surface area contributed by atoms with E-state index in [1.807, 2.05) is 0 Å². The third-order valence-electron chi connectivity index (χ3n) is 2.67. The van der Waals surface area contributed by atoms with Crippen LogP contribution in [0.3, 0.4) is 0 Å². The van der Waals surface area contributed by atoms with Gasteiger partial charge in [0.1, 0.15) is 0 Å². The SMILES string of the molecule is O=C(COC(=O)c1ccc2c(c1)OCO2)Nc1ncc(Br)s1. The summed E-state index contributed by atoms with van der Waals surface area (Å²) in [7, 11) is 0. The number of carbonyl (C=O) groups excluding carboxylic acids is 2. The summed E-state index contributed by atoms with van der Waals surface area (Å²) in [6.45, 7) is -0.274. The maximum Gasteiger partial charge on any atom is 0.338 e. The van der Waals surface area contributed by atoms with Crippen molar-refractivity contribution in [2.75, 3.05) is 18.7 Å². The molecule has 22 heavy (non-hydrogen) atoms. The number of hydrogen-bond acceptors (Lipinski definition) is 7. The molecule has 0 aliphatic carbocycles. The van der Waals surface area contributed by atoms with E-state index in [4.69, 9.17) is 14.2 Å². The lowest BCUT2D eigenvalue weighted by atomic mass is 10.2. The number of carbonyl (C=O) groups is 2. The molecule has 9 heteroatoms. The molecule has 1 aromatic carbocycles. The van der Waals surface area contributed by atoms with Crippen LogP contribution in [-0.2, 0) is 9.53 Å². The molecule has 0 bridgehead atoms. The van der Waals surface area contributed by atoms with Gasteiger partial charge in [-0.15, -0.1) is 0 Å². The van der Waals surface area contributed by atoms with Gasteiger partial charge in [-0.3, -0.25) is 10.1 Å². The topological polar surface area (TPSA) is 86.8 Å². The molecule has 1 amide bonds. The van der Waals surface area contributed by atoms with Crippen molar-refractivity contribution in [2.24, 2.45) is 0 Å². The Morgan fingerprint density at radius 2 is 2.18 bits per heavy atom. The monoisotopic (exact) mass is 384 g/mol. The van der Waals surface area contributed by atoms with Crippen molar-refractivity contribution in [3.8, 4) is 11.5 Å². The summed E-state index contributed by atoms with van der Waals surface area (Å²) >= 11 is 4.50. The number of amides is 1. The Hall–Kier alpha value is -2.13. The molecule has 0 fully saturated rings. The quantitative estimate of drug-likeness (QED) is 0.814. The molecule has 3 rings (SSSR count). The number of benzene rings is 1. The maximum absolute atomic E-state index is 11.9. The fourth-order valence-corrected chi connectivity index (χ4v) is 2.83. The van der Waals surface area contributed by atoms with Crippen molar-refractivity contribution < 1.29 is 23.8 Å². The number of esters is 1. The summed E-state index contributed by atoms with van der Waals surface area (Å²) in [5.74, 6) is -0.0279. The van der Waals surface area contributed by atoms with E-state index in [9.17, 15) is 9.59 Å². The van der Waals surface area contributed by atoms with Crippen LogP contribution in [0.15, 0.2) is 28.2 Å². The second-order valence-electron chi connectivity index (χ2n) is 4.16. The van der Waals surface area contributed by atoms with Crippen LogP contribution in [0, 0.1) is 0 Å². The van der Waals surface area contributed by atoms with Crippen LogP contribution in [-0.4, -0.2) is 30.3 Å². The van der Waals surface area contributed by atoms with Crippen molar-refractivity contribution in [3.05, 3.63) is 33.7 Å². The first-order valence-corrected chi connectivity index (χ1v) is 7.71. The Kier molecular flexibility index (Phi) is 4.25. The van der Waals surface area contributed by atoms with Crippen LogP contribution >= 0.6 is 27.3 Å². The Labute approximate surface area is 137 Å². The molecule has 2 heterocycles. The molecule has 0 atom stereocenters. The minimum absolute atomic E-state index is 0.125. The summed E-state index contributed by atoms with van der Waals surface area (Å²) in [6, 6.07) is 4.68. The maximum atomic E-state index is 11.9. The second kappa shape index (κ2) is 6.32. The van der Waals surface area contributed by atoms with Gasteiger partial charge in [-0.2, -0.15) is 0 Å². The van der Waals surface area contributed by atoms with Crippen LogP contribution in [0.25, 0.3) is 0 Å². The second-order valence-corrected chi connectivity index (χ2v) is 6.57. The van der Waals surface area contributed by atoms with Crippen molar-refractivity contribution in [1.82, 2.24) is 4.98 Å². The first-order chi connectivity index (χ1) is 10.6. The van der Waals surface area contributed by atoms with E-state index in [-0.39, 0.29) is 12.4 Å². The van der Waals surface area contributed by atoms with Gasteiger partial charge < -0.3 is 14.2 Å². The molecule has 1 aromatic heterocycles. The van der Waals surface area contributed by atoms with Gasteiger partial charge in [-0.25, -0.2) is 9.78 Å². The number of thiazole rings is 1. The number of nitrogens with one attached hydrogen (secondary N) is 1. The lowest BCUT2D eigenvalue weighted by Crippen LogP contribution is -2.20. The highest BCUT2D eigenvalue weighted by atomic mass is 79.9. The van der Waals surface area contributed by atoms with Gasteiger partial charge in [0.15, 0.2) is 23.2 Å². The van der Waals surface area contributed by atoms with Gasteiger partial charge in [-0.05, 0) is 34.1 Å². The molecule has 114 valence electrons. The molecule has 1 aliphatic heterocycles. The van der Waals surface area contributed by atoms with E-state index in [1.165, 1.54) is 17.4 Å². The number of aromatic nitrogens is 1. The average molecular weight is 385 g/mol. The number of ether oxygens (including phenoxy) is 3. The number of halogens is 1. The minimum atomic E-state index is -0.617. The van der Waals surface area contributed by atoms with E-state index in [2.05, 4.69) is 26.2 Å². The normalized spacial score (nSPS) is 12.0. The van der Waals surface area contributed by atoms with Gasteiger partial charge in [0.25, 0.3) is 5.91 Å².